The summed E-state index contributed by atoms with van der Waals surface area (Å²) in [5, 5.41) is 2.90. The highest BCUT2D eigenvalue weighted by molar-refractivity contribution is 9.10. The number of rotatable bonds is 3. The summed E-state index contributed by atoms with van der Waals surface area (Å²) in [5.41, 5.74) is 8.97. The minimum absolute atomic E-state index is 0.132. The molecule has 0 fully saturated rings. The Morgan fingerprint density at radius 2 is 1.89 bits per heavy atom. The Hall–Kier alpha value is -1.81. The molecule has 19 heavy (non-hydrogen) atoms. The highest BCUT2D eigenvalue weighted by Crippen LogP contribution is 2.23. The maximum atomic E-state index is 12.1. The van der Waals surface area contributed by atoms with Crippen molar-refractivity contribution in [1.82, 2.24) is 0 Å². The van der Waals surface area contributed by atoms with Crippen LogP contribution in [0.25, 0.3) is 0 Å². The van der Waals surface area contributed by atoms with E-state index in [1.807, 2.05) is 37.3 Å². The summed E-state index contributed by atoms with van der Waals surface area (Å²) in [6.07, 6.45) is 0.780. The number of halogens is 1. The van der Waals surface area contributed by atoms with E-state index in [0.29, 0.717) is 11.3 Å². The molecule has 0 bridgehead atoms. The standard InChI is InChI=1S/C15H15BrN2O/c1-2-12-13(17)4-3-5-14(12)18-15(19)10-6-8-11(16)9-7-10/h3-9H,2,17H2,1H3,(H,18,19). The normalized spacial score (nSPS) is 10.2. The molecule has 0 saturated heterocycles. The van der Waals surface area contributed by atoms with Crippen molar-refractivity contribution in [3.8, 4) is 0 Å². The first-order valence-corrected chi connectivity index (χ1v) is 6.85. The molecule has 1 amide bonds. The van der Waals surface area contributed by atoms with Crippen LogP contribution in [0.4, 0.5) is 11.4 Å². The van der Waals surface area contributed by atoms with Gasteiger partial charge in [0.05, 0.1) is 0 Å². The zero-order valence-electron chi connectivity index (χ0n) is 10.6. The fourth-order valence-corrected chi connectivity index (χ4v) is 2.18. The van der Waals surface area contributed by atoms with Crippen molar-refractivity contribution in [3.63, 3.8) is 0 Å². The predicted octanol–water partition coefficient (Wildman–Crippen LogP) is 3.85. The summed E-state index contributed by atoms with van der Waals surface area (Å²) < 4.78 is 0.947. The average Bonchev–Trinajstić information content (AvgIpc) is 2.39. The van der Waals surface area contributed by atoms with E-state index in [1.54, 1.807) is 12.1 Å². The lowest BCUT2D eigenvalue weighted by molar-refractivity contribution is 0.102. The summed E-state index contributed by atoms with van der Waals surface area (Å²) in [6.45, 7) is 2.01. The molecule has 2 aromatic carbocycles. The van der Waals surface area contributed by atoms with Crippen molar-refractivity contribution >= 4 is 33.2 Å². The van der Waals surface area contributed by atoms with Crippen molar-refractivity contribution in [3.05, 3.63) is 58.1 Å². The number of anilines is 2. The fourth-order valence-electron chi connectivity index (χ4n) is 1.91. The van der Waals surface area contributed by atoms with Gasteiger partial charge in [0.1, 0.15) is 0 Å². The third-order valence-electron chi connectivity index (χ3n) is 2.92. The SMILES string of the molecule is CCc1c(N)cccc1NC(=O)c1ccc(Br)cc1. The monoisotopic (exact) mass is 318 g/mol. The zero-order chi connectivity index (χ0) is 13.8. The molecule has 2 aromatic rings. The second-order valence-electron chi connectivity index (χ2n) is 4.19. The highest BCUT2D eigenvalue weighted by atomic mass is 79.9. The van der Waals surface area contributed by atoms with Crippen molar-refractivity contribution in [2.45, 2.75) is 13.3 Å². The van der Waals surface area contributed by atoms with Gasteiger partial charge in [-0.1, -0.05) is 28.9 Å². The summed E-state index contributed by atoms with van der Waals surface area (Å²) in [5.74, 6) is -0.132. The molecule has 0 aromatic heterocycles. The Balaban J connectivity index is 2.24. The van der Waals surface area contributed by atoms with Crippen LogP contribution in [0.2, 0.25) is 0 Å². The lowest BCUT2D eigenvalue weighted by Gasteiger charge is -2.12. The zero-order valence-corrected chi connectivity index (χ0v) is 12.2. The molecule has 0 heterocycles. The van der Waals surface area contributed by atoms with Gasteiger partial charge < -0.3 is 11.1 Å². The van der Waals surface area contributed by atoms with Crippen LogP contribution >= 0.6 is 15.9 Å². The Bertz CT molecular complexity index is 594. The Morgan fingerprint density at radius 3 is 2.53 bits per heavy atom. The molecule has 0 atom stereocenters. The number of hydrogen-bond donors (Lipinski definition) is 2. The first-order valence-electron chi connectivity index (χ1n) is 6.06. The van der Waals surface area contributed by atoms with E-state index in [9.17, 15) is 4.79 Å². The van der Waals surface area contributed by atoms with Gasteiger partial charge in [-0.05, 0) is 48.4 Å². The predicted molar refractivity (Wildman–Crippen MR) is 82.3 cm³/mol. The minimum atomic E-state index is -0.132. The lowest BCUT2D eigenvalue weighted by Crippen LogP contribution is -2.13. The van der Waals surface area contributed by atoms with Crippen molar-refractivity contribution in [1.29, 1.82) is 0 Å². The average molecular weight is 319 g/mol. The van der Waals surface area contributed by atoms with Crippen LogP contribution in [0.3, 0.4) is 0 Å². The van der Waals surface area contributed by atoms with Gasteiger partial charge in [0.15, 0.2) is 0 Å². The largest absolute Gasteiger partial charge is 0.398 e. The second-order valence-corrected chi connectivity index (χ2v) is 5.10. The Kier molecular flexibility index (Phi) is 4.22. The highest BCUT2D eigenvalue weighted by Gasteiger charge is 2.09. The first-order chi connectivity index (χ1) is 9.11. The molecular weight excluding hydrogens is 304 g/mol. The van der Waals surface area contributed by atoms with Crippen molar-refractivity contribution in [2.75, 3.05) is 11.1 Å². The lowest BCUT2D eigenvalue weighted by atomic mass is 10.1. The molecule has 0 radical (unpaired) electrons. The van der Waals surface area contributed by atoms with Crippen molar-refractivity contribution in [2.24, 2.45) is 0 Å². The van der Waals surface area contributed by atoms with E-state index in [-0.39, 0.29) is 5.91 Å². The van der Waals surface area contributed by atoms with E-state index in [0.717, 1.165) is 22.1 Å². The number of benzene rings is 2. The molecule has 3 nitrogen and oxygen atoms in total. The van der Waals surface area contributed by atoms with E-state index < -0.39 is 0 Å². The molecule has 3 N–H and O–H groups in total. The Labute approximate surface area is 121 Å². The number of nitrogens with one attached hydrogen (secondary N) is 1. The number of carbonyl (C=O) groups excluding carboxylic acids is 1. The van der Waals surface area contributed by atoms with Gasteiger partial charge in [-0.3, -0.25) is 4.79 Å². The number of amides is 1. The molecule has 0 aliphatic carbocycles. The molecule has 0 spiro atoms. The van der Waals surface area contributed by atoms with Crippen LogP contribution in [0, 0.1) is 0 Å². The van der Waals surface area contributed by atoms with Gasteiger partial charge in [0.25, 0.3) is 5.91 Å². The van der Waals surface area contributed by atoms with Crippen LogP contribution in [-0.2, 0) is 6.42 Å². The fraction of sp³-hybridized carbons (Fsp3) is 0.133. The number of nitrogen functional groups attached to an aromatic ring is 1. The maximum absolute atomic E-state index is 12.1. The molecule has 4 heteroatoms. The van der Waals surface area contributed by atoms with Crippen LogP contribution in [0.15, 0.2) is 46.9 Å². The summed E-state index contributed by atoms with van der Waals surface area (Å²) in [7, 11) is 0. The van der Waals surface area contributed by atoms with E-state index >= 15 is 0 Å². The third-order valence-corrected chi connectivity index (χ3v) is 3.45. The quantitative estimate of drug-likeness (QED) is 0.845. The molecule has 0 unspecified atom stereocenters. The van der Waals surface area contributed by atoms with Gasteiger partial charge in [0, 0.05) is 21.4 Å². The third kappa shape index (κ3) is 3.15. The molecule has 98 valence electrons. The summed E-state index contributed by atoms with van der Waals surface area (Å²) >= 11 is 3.35. The van der Waals surface area contributed by atoms with Crippen LogP contribution in [0.1, 0.15) is 22.8 Å². The van der Waals surface area contributed by atoms with E-state index in [2.05, 4.69) is 21.2 Å². The topological polar surface area (TPSA) is 55.1 Å². The van der Waals surface area contributed by atoms with Gasteiger partial charge in [0.2, 0.25) is 0 Å². The molecule has 0 saturated carbocycles. The Morgan fingerprint density at radius 1 is 1.21 bits per heavy atom. The maximum Gasteiger partial charge on any atom is 0.255 e. The van der Waals surface area contributed by atoms with E-state index in [1.165, 1.54) is 0 Å². The van der Waals surface area contributed by atoms with E-state index in [4.69, 9.17) is 5.73 Å². The van der Waals surface area contributed by atoms with Gasteiger partial charge >= 0.3 is 0 Å². The number of nitrogens with two attached hydrogens (primary N) is 1. The minimum Gasteiger partial charge on any atom is -0.398 e. The smallest absolute Gasteiger partial charge is 0.255 e. The number of hydrogen-bond acceptors (Lipinski definition) is 2. The van der Waals surface area contributed by atoms with Crippen LogP contribution < -0.4 is 11.1 Å². The summed E-state index contributed by atoms with van der Waals surface area (Å²) in [4.78, 5) is 12.1. The molecule has 0 aliphatic rings. The van der Waals surface area contributed by atoms with Crippen molar-refractivity contribution < 1.29 is 4.79 Å². The first kappa shape index (κ1) is 13.6. The summed E-state index contributed by atoms with van der Waals surface area (Å²) in [6, 6.07) is 12.8. The van der Waals surface area contributed by atoms with Gasteiger partial charge in [-0.15, -0.1) is 0 Å². The van der Waals surface area contributed by atoms with Gasteiger partial charge in [-0.25, -0.2) is 0 Å². The second kappa shape index (κ2) is 5.89. The van der Waals surface area contributed by atoms with Crippen LogP contribution in [-0.4, -0.2) is 5.91 Å². The van der Waals surface area contributed by atoms with Crippen LogP contribution in [0.5, 0.6) is 0 Å². The van der Waals surface area contributed by atoms with Gasteiger partial charge in [-0.2, -0.15) is 0 Å². The molecular formula is C15H15BrN2O. The number of carbonyl (C=O) groups is 1. The molecule has 0 aliphatic heterocycles. The molecule has 2 rings (SSSR count).